The van der Waals surface area contributed by atoms with Crippen molar-refractivity contribution in [2.45, 2.75) is 17.5 Å². The Labute approximate surface area is 178 Å². The molecule has 32 heavy (non-hydrogen) atoms. The molecule has 3 heterocycles. The number of nitrogens with zero attached hydrogens (tertiary/aromatic N) is 5. The lowest BCUT2D eigenvalue weighted by Gasteiger charge is -2.04. The molecule has 0 aliphatic heterocycles. The van der Waals surface area contributed by atoms with Crippen molar-refractivity contribution in [2.24, 2.45) is 4.36 Å². The smallest absolute Gasteiger partial charge is 0.329 e. The molecule has 8 nitrogen and oxygen atoms in total. The second kappa shape index (κ2) is 7.82. The largest absolute Gasteiger partial charge is 0.471 e. The number of amides is 1. The molecule has 1 atom stereocenters. The quantitative estimate of drug-likeness (QED) is 0.424. The Balaban J connectivity index is 1.58. The van der Waals surface area contributed by atoms with Gasteiger partial charge in [0.2, 0.25) is 5.82 Å². The van der Waals surface area contributed by atoms with Crippen LogP contribution in [0.1, 0.15) is 11.6 Å². The van der Waals surface area contributed by atoms with Crippen LogP contribution >= 0.6 is 0 Å². The third-order valence-electron chi connectivity index (χ3n) is 4.28. The van der Waals surface area contributed by atoms with Crippen LogP contribution < -0.4 is 0 Å². The SMILES string of the molecule is CS(=O)(=NC(=O)Cc1cn2cc(-c3noc(C(F)(F)F)n3)ccc2n1)c1ccccc1F. The third kappa shape index (κ3) is 4.37. The summed E-state index contributed by atoms with van der Waals surface area (Å²) in [5, 5.41) is 3.32. The number of hydrogen-bond donors (Lipinski definition) is 0. The van der Waals surface area contributed by atoms with Gasteiger partial charge in [-0.2, -0.15) is 22.5 Å². The number of imidazole rings is 1. The first-order valence-corrected chi connectivity index (χ1v) is 10.8. The predicted octanol–water partition coefficient (Wildman–Crippen LogP) is 3.77. The molecule has 13 heteroatoms. The summed E-state index contributed by atoms with van der Waals surface area (Å²) in [5.74, 6) is -3.23. The standard InChI is InChI=1S/C19H13F4N5O3S/c1-32(30,14-5-3-2-4-13(14)20)27-16(29)8-12-10-28-9-11(6-7-15(28)24-12)17-25-18(31-26-17)19(21,22)23/h2-7,9-10H,8H2,1H3. The van der Waals surface area contributed by atoms with E-state index in [0.29, 0.717) is 5.65 Å². The zero-order valence-electron chi connectivity index (χ0n) is 16.2. The summed E-state index contributed by atoms with van der Waals surface area (Å²) in [6.07, 6.45) is -1.03. The van der Waals surface area contributed by atoms with Crippen LogP contribution in [0.25, 0.3) is 17.0 Å². The lowest BCUT2D eigenvalue weighted by Crippen LogP contribution is -2.07. The Morgan fingerprint density at radius 2 is 1.91 bits per heavy atom. The van der Waals surface area contributed by atoms with Crippen molar-refractivity contribution in [3.05, 3.63) is 66.2 Å². The van der Waals surface area contributed by atoms with E-state index in [4.69, 9.17) is 0 Å². The third-order valence-corrected chi connectivity index (χ3v) is 5.98. The number of rotatable bonds is 4. The number of aromatic nitrogens is 4. The highest BCUT2D eigenvalue weighted by molar-refractivity contribution is 7.93. The van der Waals surface area contributed by atoms with Crippen LogP contribution in [0.4, 0.5) is 17.6 Å². The van der Waals surface area contributed by atoms with Gasteiger partial charge in [-0.15, -0.1) is 0 Å². The maximum absolute atomic E-state index is 13.9. The van der Waals surface area contributed by atoms with E-state index in [1.54, 1.807) is 0 Å². The molecular formula is C19H13F4N5O3S. The van der Waals surface area contributed by atoms with Gasteiger partial charge in [0.1, 0.15) is 11.5 Å². The van der Waals surface area contributed by atoms with Crippen molar-refractivity contribution in [2.75, 3.05) is 6.26 Å². The van der Waals surface area contributed by atoms with Gasteiger partial charge in [-0.3, -0.25) is 4.79 Å². The molecule has 1 unspecified atom stereocenters. The molecule has 0 radical (unpaired) electrons. The molecule has 4 rings (SSSR count). The van der Waals surface area contributed by atoms with Crippen LogP contribution in [-0.2, 0) is 27.1 Å². The molecule has 3 aromatic heterocycles. The summed E-state index contributed by atoms with van der Waals surface area (Å²) < 4.78 is 73.9. The number of carbonyl (C=O) groups is 1. The normalized spacial score (nSPS) is 13.8. The van der Waals surface area contributed by atoms with Crippen LogP contribution in [0.5, 0.6) is 0 Å². The van der Waals surface area contributed by atoms with Gasteiger partial charge >= 0.3 is 12.1 Å². The highest BCUT2D eigenvalue weighted by Crippen LogP contribution is 2.29. The fraction of sp³-hybridized carbons (Fsp3) is 0.158. The monoisotopic (exact) mass is 467 g/mol. The lowest BCUT2D eigenvalue weighted by molar-refractivity contribution is -0.159. The fourth-order valence-corrected chi connectivity index (χ4v) is 4.21. The lowest BCUT2D eigenvalue weighted by atomic mass is 10.3. The summed E-state index contributed by atoms with van der Waals surface area (Å²) in [4.78, 5) is 19.7. The van der Waals surface area contributed by atoms with E-state index in [2.05, 4.69) is 24.0 Å². The molecule has 0 saturated carbocycles. The molecule has 4 aromatic rings. The first kappa shape index (κ1) is 21.6. The average molecular weight is 467 g/mol. The van der Waals surface area contributed by atoms with Gasteiger partial charge in [0.05, 0.1) is 26.7 Å². The van der Waals surface area contributed by atoms with Gasteiger partial charge in [0.25, 0.3) is 5.91 Å². The molecule has 0 fully saturated rings. The molecule has 1 amide bonds. The van der Waals surface area contributed by atoms with Crippen molar-refractivity contribution in [3.8, 4) is 11.4 Å². The first-order chi connectivity index (χ1) is 15.0. The molecule has 0 aliphatic carbocycles. The Morgan fingerprint density at radius 1 is 1.16 bits per heavy atom. The number of pyridine rings is 1. The number of benzene rings is 1. The minimum Gasteiger partial charge on any atom is -0.329 e. The summed E-state index contributed by atoms with van der Waals surface area (Å²) in [6, 6.07) is 8.28. The van der Waals surface area contributed by atoms with Gasteiger partial charge in [-0.1, -0.05) is 17.3 Å². The molecule has 0 aliphatic rings. The molecule has 1 aromatic carbocycles. The Bertz CT molecular complexity index is 1450. The van der Waals surface area contributed by atoms with Crippen molar-refractivity contribution in [1.29, 1.82) is 0 Å². The fourth-order valence-electron chi connectivity index (χ4n) is 2.90. The Morgan fingerprint density at radius 3 is 2.59 bits per heavy atom. The van der Waals surface area contributed by atoms with E-state index in [1.807, 2.05) is 0 Å². The minimum absolute atomic E-state index is 0.175. The maximum Gasteiger partial charge on any atom is 0.471 e. The van der Waals surface area contributed by atoms with Crippen molar-refractivity contribution < 1.29 is 31.1 Å². The van der Waals surface area contributed by atoms with Crippen LogP contribution in [0.2, 0.25) is 0 Å². The van der Waals surface area contributed by atoms with Crippen molar-refractivity contribution >= 4 is 21.3 Å². The van der Waals surface area contributed by atoms with Crippen LogP contribution in [0.3, 0.4) is 0 Å². The summed E-state index contributed by atoms with van der Waals surface area (Å²) in [7, 11) is -3.30. The molecule has 0 spiro atoms. The summed E-state index contributed by atoms with van der Waals surface area (Å²) >= 11 is 0. The highest BCUT2D eigenvalue weighted by atomic mass is 32.2. The molecular weight excluding hydrogens is 454 g/mol. The first-order valence-electron chi connectivity index (χ1n) is 8.91. The van der Waals surface area contributed by atoms with Crippen molar-refractivity contribution in [1.82, 2.24) is 19.5 Å². The molecule has 166 valence electrons. The molecule has 0 bridgehead atoms. The maximum atomic E-state index is 13.9. The second-order valence-corrected chi connectivity index (χ2v) is 8.96. The zero-order chi connectivity index (χ0) is 23.1. The van der Waals surface area contributed by atoms with E-state index >= 15 is 0 Å². The predicted molar refractivity (Wildman–Crippen MR) is 103 cm³/mol. The number of carbonyl (C=O) groups excluding carboxylic acids is 1. The van der Waals surface area contributed by atoms with E-state index in [0.717, 1.165) is 6.07 Å². The second-order valence-electron chi connectivity index (χ2n) is 6.73. The number of alkyl halides is 3. The summed E-state index contributed by atoms with van der Waals surface area (Å²) in [5.41, 5.74) is 0.888. The van der Waals surface area contributed by atoms with Crippen LogP contribution in [-0.4, -0.2) is 35.9 Å². The number of halogens is 4. The van der Waals surface area contributed by atoms with Crippen LogP contribution in [0.15, 0.2) is 62.6 Å². The number of hydrogen-bond acceptors (Lipinski definition) is 6. The van der Waals surface area contributed by atoms with Crippen molar-refractivity contribution in [3.63, 3.8) is 0 Å². The average Bonchev–Trinajstić information content (AvgIpc) is 3.33. The van der Waals surface area contributed by atoms with Gasteiger partial charge in [-0.25, -0.2) is 13.6 Å². The topological polar surface area (TPSA) is 103 Å². The number of fused-ring (bicyclic) bond motifs is 1. The van der Waals surface area contributed by atoms with E-state index < -0.39 is 33.5 Å². The highest BCUT2D eigenvalue weighted by Gasteiger charge is 2.38. The van der Waals surface area contributed by atoms with Gasteiger partial charge in [0.15, 0.2) is 0 Å². The summed E-state index contributed by atoms with van der Waals surface area (Å²) in [6.45, 7) is 0. The molecule has 0 saturated heterocycles. The van der Waals surface area contributed by atoms with E-state index in [9.17, 15) is 26.6 Å². The van der Waals surface area contributed by atoms with E-state index in [-0.39, 0.29) is 28.4 Å². The molecule has 0 N–H and O–H groups in total. The Kier molecular flexibility index (Phi) is 5.28. The Hall–Kier alpha value is -3.61. The van der Waals surface area contributed by atoms with Crippen LogP contribution in [0, 0.1) is 5.82 Å². The van der Waals surface area contributed by atoms with Gasteiger partial charge in [-0.05, 0) is 24.3 Å². The minimum atomic E-state index is -4.76. The van der Waals surface area contributed by atoms with E-state index in [1.165, 1.54) is 53.4 Å². The zero-order valence-corrected chi connectivity index (χ0v) is 17.0. The van der Waals surface area contributed by atoms with Gasteiger partial charge < -0.3 is 8.92 Å². The van der Waals surface area contributed by atoms with Gasteiger partial charge in [0, 0.05) is 24.2 Å².